The predicted octanol–water partition coefficient (Wildman–Crippen LogP) is 1.06. The Morgan fingerprint density at radius 2 is 1.93 bits per heavy atom. The highest BCUT2D eigenvalue weighted by atomic mass is 32.1. The lowest BCUT2D eigenvalue weighted by Crippen LogP contribution is -2.45. The molecular formula is C10H23N3S. The summed E-state index contributed by atoms with van der Waals surface area (Å²) < 4.78 is 0. The first kappa shape index (κ1) is 13.7. The Morgan fingerprint density at radius 1 is 1.36 bits per heavy atom. The molecule has 1 unspecified atom stereocenters. The quantitative estimate of drug-likeness (QED) is 0.673. The minimum atomic E-state index is 0.435. The van der Waals surface area contributed by atoms with Gasteiger partial charge in [0, 0.05) is 19.6 Å². The third-order valence-electron chi connectivity index (χ3n) is 1.90. The van der Waals surface area contributed by atoms with Crippen molar-refractivity contribution in [3.63, 3.8) is 0 Å². The first-order chi connectivity index (χ1) is 6.45. The summed E-state index contributed by atoms with van der Waals surface area (Å²) in [7, 11) is 6.01. The average Bonchev–Trinajstić information content (AvgIpc) is 2.01. The van der Waals surface area contributed by atoms with E-state index < -0.39 is 0 Å². The van der Waals surface area contributed by atoms with Crippen LogP contribution in [-0.4, -0.2) is 43.7 Å². The Morgan fingerprint density at radius 3 is 2.29 bits per heavy atom. The van der Waals surface area contributed by atoms with Crippen molar-refractivity contribution < 1.29 is 0 Å². The zero-order chi connectivity index (χ0) is 11.1. The smallest absolute Gasteiger partial charge is 0.166 e. The summed E-state index contributed by atoms with van der Waals surface area (Å²) >= 11 is 5.10. The van der Waals surface area contributed by atoms with Crippen molar-refractivity contribution >= 4 is 17.3 Å². The fourth-order valence-electron chi connectivity index (χ4n) is 1.45. The van der Waals surface area contributed by atoms with Crippen LogP contribution >= 0.6 is 12.2 Å². The fraction of sp³-hybridized carbons (Fsp3) is 0.900. The van der Waals surface area contributed by atoms with Crippen molar-refractivity contribution in [2.45, 2.75) is 26.3 Å². The molecule has 0 spiro atoms. The van der Waals surface area contributed by atoms with Crippen molar-refractivity contribution in [1.82, 2.24) is 15.5 Å². The van der Waals surface area contributed by atoms with E-state index in [-0.39, 0.29) is 0 Å². The maximum atomic E-state index is 5.10. The molecule has 0 amide bonds. The third-order valence-corrected chi connectivity index (χ3v) is 2.23. The van der Waals surface area contributed by atoms with E-state index in [1.807, 2.05) is 7.05 Å². The van der Waals surface area contributed by atoms with Crippen LogP contribution in [0.4, 0.5) is 0 Å². The van der Waals surface area contributed by atoms with Crippen LogP contribution in [0.2, 0.25) is 0 Å². The zero-order valence-corrected chi connectivity index (χ0v) is 10.7. The van der Waals surface area contributed by atoms with Crippen LogP contribution in [0.15, 0.2) is 0 Å². The summed E-state index contributed by atoms with van der Waals surface area (Å²) in [5, 5.41) is 6.99. The Labute approximate surface area is 93.2 Å². The van der Waals surface area contributed by atoms with E-state index >= 15 is 0 Å². The molecule has 3 nitrogen and oxygen atoms in total. The first-order valence-corrected chi connectivity index (χ1v) is 5.49. The van der Waals surface area contributed by atoms with Gasteiger partial charge in [-0.2, -0.15) is 0 Å². The highest BCUT2D eigenvalue weighted by Gasteiger charge is 2.12. The van der Waals surface area contributed by atoms with Gasteiger partial charge in [-0.25, -0.2) is 0 Å². The van der Waals surface area contributed by atoms with Gasteiger partial charge >= 0.3 is 0 Å². The summed E-state index contributed by atoms with van der Waals surface area (Å²) in [5.41, 5.74) is 0. The molecule has 0 aromatic heterocycles. The number of nitrogens with zero attached hydrogens (tertiary/aromatic N) is 1. The number of hydrogen-bond acceptors (Lipinski definition) is 2. The summed E-state index contributed by atoms with van der Waals surface area (Å²) in [5.74, 6) is 0.687. The van der Waals surface area contributed by atoms with Crippen molar-refractivity contribution in [2.24, 2.45) is 5.92 Å². The molecule has 0 saturated carbocycles. The molecule has 0 bridgehead atoms. The minimum Gasteiger partial charge on any atom is -0.366 e. The molecule has 0 rings (SSSR count). The van der Waals surface area contributed by atoms with Crippen molar-refractivity contribution in [3.8, 4) is 0 Å². The van der Waals surface area contributed by atoms with E-state index in [0.717, 1.165) is 18.1 Å². The topological polar surface area (TPSA) is 27.3 Å². The standard InChI is InChI=1S/C10H23N3S/c1-8(2)6-9(7-13(4)5)12-10(14)11-3/h8-9H,6-7H2,1-5H3,(H2,11,12,14). The second-order valence-corrected chi connectivity index (χ2v) is 4.72. The van der Waals surface area contributed by atoms with Crippen molar-refractivity contribution in [3.05, 3.63) is 0 Å². The molecule has 0 aromatic rings. The molecule has 14 heavy (non-hydrogen) atoms. The number of thiocarbonyl (C=S) groups is 1. The van der Waals surface area contributed by atoms with Gasteiger partial charge in [-0.15, -0.1) is 0 Å². The van der Waals surface area contributed by atoms with Crippen LogP contribution < -0.4 is 10.6 Å². The maximum Gasteiger partial charge on any atom is 0.166 e. The van der Waals surface area contributed by atoms with E-state index in [4.69, 9.17) is 12.2 Å². The lowest BCUT2D eigenvalue weighted by molar-refractivity contribution is 0.328. The van der Waals surface area contributed by atoms with Gasteiger partial charge in [0.2, 0.25) is 0 Å². The Hall–Kier alpha value is -0.350. The van der Waals surface area contributed by atoms with Gasteiger partial charge in [-0.05, 0) is 38.7 Å². The monoisotopic (exact) mass is 217 g/mol. The van der Waals surface area contributed by atoms with Crippen LogP contribution in [-0.2, 0) is 0 Å². The maximum absolute atomic E-state index is 5.10. The van der Waals surface area contributed by atoms with E-state index in [9.17, 15) is 0 Å². The summed E-state index contributed by atoms with van der Waals surface area (Å²) in [6.07, 6.45) is 1.14. The molecule has 0 heterocycles. The molecule has 1 atom stereocenters. The molecule has 0 aliphatic heterocycles. The number of hydrogen-bond donors (Lipinski definition) is 2. The summed E-state index contributed by atoms with van der Waals surface area (Å²) in [6.45, 7) is 5.47. The normalized spacial score (nSPS) is 13.1. The van der Waals surface area contributed by atoms with Gasteiger partial charge in [0.15, 0.2) is 5.11 Å². The summed E-state index contributed by atoms with van der Waals surface area (Å²) in [6, 6.07) is 0.435. The fourth-order valence-corrected chi connectivity index (χ4v) is 1.61. The minimum absolute atomic E-state index is 0.435. The second kappa shape index (κ2) is 7.01. The highest BCUT2D eigenvalue weighted by Crippen LogP contribution is 2.05. The van der Waals surface area contributed by atoms with Gasteiger partial charge in [0.1, 0.15) is 0 Å². The van der Waals surface area contributed by atoms with Gasteiger partial charge in [-0.3, -0.25) is 0 Å². The van der Waals surface area contributed by atoms with E-state index in [1.165, 1.54) is 0 Å². The highest BCUT2D eigenvalue weighted by molar-refractivity contribution is 7.80. The predicted molar refractivity (Wildman–Crippen MR) is 66.6 cm³/mol. The molecule has 0 saturated heterocycles. The van der Waals surface area contributed by atoms with Crippen LogP contribution in [0.1, 0.15) is 20.3 Å². The van der Waals surface area contributed by atoms with E-state index in [0.29, 0.717) is 12.0 Å². The van der Waals surface area contributed by atoms with Crippen LogP contribution in [0, 0.1) is 5.92 Å². The van der Waals surface area contributed by atoms with Crippen LogP contribution in [0.25, 0.3) is 0 Å². The average molecular weight is 217 g/mol. The van der Waals surface area contributed by atoms with Crippen LogP contribution in [0.3, 0.4) is 0 Å². The first-order valence-electron chi connectivity index (χ1n) is 5.08. The molecular weight excluding hydrogens is 194 g/mol. The molecule has 0 aliphatic rings. The number of nitrogens with one attached hydrogen (secondary N) is 2. The Bertz CT molecular complexity index is 159. The Balaban J connectivity index is 4.03. The largest absolute Gasteiger partial charge is 0.366 e. The Kier molecular flexibility index (Phi) is 6.83. The zero-order valence-electron chi connectivity index (χ0n) is 9.92. The van der Waals surface area contributed by atoms with Crippen LogP contribution in [0.5, 0.6) is 0 Å². The lowest BCUT2D eigenvalue weighted by atomic mass is 10.0. The SMILES string of the molecule is CNC(=S)NC(CC(C)C)CN(C)C. The number of likely N-dealkylation sites (N-methyl/N-ethyl adjacent to an activating group) is 1. The van der Waals surface area contributed by atoms with Gasteiger partial charge < -0.3 is 15.5 Å². The van der Waals surface area contributed by atoms with Gasteiger partial charge in [0.05, 0.1) is 0 Å². The molecule has 0 radical (unpaired) electrons. The molecule has 4 heteroatoms. The van der Waals surface area contributed by atoms with E-state index in [1.54, 1.807) is 0 Å². The summed E-state index contributed by atoms with van der Waals surface area (Å²) in [4.78, 5) is 2.18. The lowest BCUT2D eigenvalue weighted by Gasteiger charge is -2.24. The molecule has 84 valence electrons. The van der Waals surface area contributed by atoms with Crippen molar-refractivity contribution in [1.29, 1.82) is 0 Å². The number of rotatable bonds is 5. The van der Waals surface area contributed by atoms with Crippen molar-refractivity contribution in [2.75, 3.05) is 27.7 Å². The van der Waals surface area contributed by atoms with Gasteiger partial charge in [-0.1, -0.05) is 13.8 Å². The molecule has 0 fully saturated rings. The molecule has 0 aliphatic carbocycles. The molecule has 2 N–H and O–H groups in total. The molecule has 0 aromatic carbocycles. The van der Waals surface area contributed by atoms with Gasteiger partial charge in [0.25, 0.3) is 0 Å². The third kappa shape index (κ3) is 7.09. The van der Waals surface area contributed by atoms with E-state index in [2.05, 4.69) is 43.5 Å². The second-order valence-electron chi connectivity index (χ2n) is 4.31.